The van der Waals surface area contributed by atoms with Gasteiger partial charge in [-0.05, 0) is 42.2 Å². The average molecular weight is 402 g/mol. The fourth-order valence-electron chi connectivity index (χ4n) is 4.06. The molecule has 1 aliphatic heterocycles. The Bertz CT molecular complexity index is 798. The Morgan fingerprint density at radius 2 is 1.57 bits per heavy atom. The molecule has 0 aliphatic carbocycles. The fraction of sp³-hybridized carbons (Fsp3) is 0.625. The van der Waals surface area contributed by atoms with E-state index in [1.54, 1.807) is 11.3 Å². The minimum Gasteiger partial charge on any atom is -0.507 e. The van der Waals surface area contributed by atoms with Gasteiger partial charge >= 0.3 is 0 Å². The summed E-state index contributed by atoms with van der Waals surface area (Å²) in [5.41, 5.74) is 3.98. The number of benzene rings is 1. The van der Waals surface area contributed by atoms with Crippen molar-refractivity contribution in [3.8, 4) is 17.0 Å². The second-order valence-corrected chi connectivity index (χ2v) is 11.1. The monoisotopic (exact) mass is 401 g/mol. The van der Waals surface area contributed by atoms with Crippen molar-refractivity contribution in [1.82, 2.24) is 4.98 Å². The van der Waals surface area contributed by atoms with Crippen LogP contribution in [0.4, 0.5) is 0 Å². The highest BCUT2D eigenvalue weighted by molar-refractivity contribution is 7.10. The van der Waals surface area contributed by atoms with Crippen LogP contribution >= 0.6 is 11.3 Å². The van der Waals surface area contributed by atoms with Crippen LogP contribution in [0, 0.1) is 0 Å². The fourth-order valence-corrected chi connectivity index (χ4v) is 5.22. The first-order chi connectivity index (χ1) is 13.0. The first kappa shape index (κ1) is 21.3. The molecule has 3 rings (SSSR count). The van der Waals surface area contributed by atoms with Gasteiger partial charge in [-0.1, -0.05) is 48.5 Å². The van der Waals surface area contributed by atoms with Gasteiger partial charge in [0.25, 0.3) is 0 Å². The number of hydrogen-bond donors (Lipinski definition) is 1. The van der Waals surface area contributed by atoms with E-state index in [1.165, 1.54) is 5.01 Å². The van der Waals surface area contributed by atoms with Gasteiger partial charge in [0.1, 0.15) is 5.75 Å². The Morgan fingerprint density at radius 3 is 2.04 bits per heavy atom. The van der Waals surface area contributed by atoms with Gasteiger partial charge in [-0.3, -0.25) is 0 Å². The number of phenolic OH excluding ortho intramolecular Hbond substituents is 1. The van der Waals surface area contributed by atoms with Gasteiger partial charge < -0.3 is 9.84 Å². The molecule has 0 saturated carbocycles. The van der Waals surface area contributed by atoms with Crippen LogP contribution in [0.1, 0.15) is 83.9 Å². The first-order valence-corrected chi connectivity index (χ1v) is 11.3. The van der Waals surface area contributed by atoms with E-state index in [2.05, 4.69) is 66.0 Å². The van der Waals surface area contributed by atoms with Gasteiger partial charge in [0.05, 0.1) is 10.7 Å². The predicted octanol–water partition coefficient (Wildman–Crippen LogP) is 6.57. The number of ether oxygens (including phenoxy) is 1. The van der Waals surface area contributed by atoms with Gasteiger partial charge in [-0.2, -0.15) is 0 Å². The van der Waals surface area contributed by atoms with Crippen molar-refractivity contribution in [1.29, 1.82) is 0 Å². The first-order valence-electron chi connectivity index (χ1n) is 10.4. The Balaban J connectivity index is 2.11. The second kappa shape index (κ2) is 7.46. The molecule has 0 amide bonds. The molecule has 154 valence electrons. The molecule has 0 radical (unpaired) electrons. The Morgan fingerprint density at radius 1 is 1.04 bits per heavy atom. The molecule has 0 bridgehead atoms. The third-order valence-corrected chi connectivity index (χ3v) is 7.19. The summed E-state index contributed by atoms with van der Waals surface area (Å²) in [5.74, 6) is 0.425. The van der Waals surface area contributed by atoms with E-state index in [0.29, 0.717) is 5.75 Å². The minimum atomic E-state index is -0.135. The van der Waals surface area contributed by atoms with E-state index in [0.717, 1.165) is 54.9 Å². The minimum absolute atomic E-state index is 0.135. The standard InChI is InChI=1S/C24H35NO2S/c1-8-24(9-11-27-12-10-24)21-25-19(15-28-21)16-13-17(22(2,3)4)20(26)18(14-16)23(5,6)7/h13-15,26H,8-12H2,1-7H3. The van der Waals surface area contributed by atoms with Crippen molar-refractivity contribution in [3.05, 3.63) is 33.6 Å². The molecule has 1 fully saturated rings. The van der Waals surface area contributed by atoms with Crippen LogP contribution in [-0.4, -0.2) is 23.3 Å². The van der Waals surface area contributed by atoms with Crippen molar-refractivity contribution in [2.45, 2.75) is 84.0 Å². The average Bonchev–Trinajstić information content (AvgIpc) is 3.11. The van der Waals surface area contributed by atoms with Crippen molar-refractivity contribution < 1.29 is 9.84 Å². The molecule has 3 nitrogen and oxygen atoms in total. The maximum absolute atomic E-state index is 11.0. The summed E-state index contributed by atoms with van der Waals surface area (Å²) in [6.45, 7) is 16.8. The van der Waals surface area contributed by atoms with Crippen LogP contribution in [0.5, 0.6) is 5.75 Å². The number of aromatic nitrogens is 1. The molecule has 4 heteroatoms. The van der Waals surface area contributed by atoms with Crippen LogP contribution in [0.25, 0.3) is 11.3 Å². The number of thiazole rings is 1. The van der Waals surface area contributed by atoms with Crippen LogP contribution in [-0.2, 0) is 21.0 Å². The van der Waals surface area contributed by atoms with Gasteiger partial charge in [-0.25, -0.2) is 4.98 Å². The highest BCUT2D eigenvalue weighted by atomic mass is 32.1. The zero-order valence-corrected chi connectivity index (χ0v) is 19.3. The number of rotatable bonds is 3. The smallest absolute Gasteiger partial charge is 0.123 e. The molecule has 0 atom stereocenters. The van der Waals surface area contributed by atoms with E-state index < -0.39 is 0 Å². The predicted molar refractivity (Wildman–Crippen MR) is 119 cm³/mol. The topological polar surface area (TPSA) is 42.4 Å². The molecule has 1 aromatic heterocycles. The molecule has 2 aromatic rings. The lowest BCUT2D eigenvalue weighted by Crippen LogP contribution is -2.33. The van der Waals surface area contributed by atoms with E-state index in [1.807, 2.05) is 0 Å². The lowest BCUT2D eigenvalue weighted by molar-refractivity contribution is 0.0485. The summed E-state index contributed by atoms with van der Waals surface area (Å²) in [6.07, 6.45) is 3.19. The van der Waals surface area contributed by atoms with Crippen molar-refractivity contribution in [2.75, 3.05) is 13.2 Å². The van der Waals surface area contributed by atoms with Crippen molar-refractivity contribution in [2.24, 2.45) is 0 Å². The lowest BCUT2D eigenvalue weighted by atomic mass is 9.78. The molecule has 1 saturated heterocycles. The maximum Gasteiger partial charge on any atom is 0.123 e. The van der Waals surface area contributed by atoms with Gasteiger partial charge in [-0.15, -0.1) is 11.3 Å². The largest absolute Gasteiger partial charge is 0.507 e. The summed E-state index contributed by atoms with van der Waals surface area (Å²) in [4.78, 5) is 5.10. The van der Waals surface area contributed by atoms with Crippen molar-refractivity contribution in [3.63, 3.8) is 0 Å². The summed E-state index contributed by atoms with van der Waals surface area (Å²) in [6, 6.07) is 4.26. The number of aromatic hydroxyl groups is 1. The summed E-state index contributed by atoms with van der Waals surface area (Å²) < 4.78 is 5.61. The number of hydrogen-bond acceptors (Lipinski definition) is 4. The zero-order chi connectivity index (χ0) is 20.7. The lowest BCUT2D eigenvalue weighted by Gasteiger charge is -2.34. The molecule has 1 N–H and O–H groups in total. The normalized spacial score (nSPS) is 17.7. The molecular weight excluding hydrogens is 366 g/mol. The molecule has 2 heterocycles. The van der Waals surface area contributed by atoms with Gasteiger partial charge in [0.2, 0.25) is 0 Å². The molecule has 1 aromatic carbocycles. The quantitative estimate of drug-likeness (QED) is 0.632. The Labute approximate surface area is 174 Å². The Kier molecular flexibility index (Phi) is 5.68. The number of phenols is 1. The van der Waals surface area contributed by atoms with Gasteiger partial charge in [0, 0.05) is 40.7 Å². The molecule has 1 aliphatic rings. The van der Waals surface area contributed by atoms with E-state index >= 15 is 0 Å². The van der Waals surface area contributed by atoms with Gasteiger partial charge in [0.15, 0.2) is 0 Å². The second-order valence-electron chi connectivity index (χ2n) is 10.2. The van der Waals surface area contributed by atoms with E-state index in [4.69, 9.17) is 9.72 Å². The molecular formula is C24H35NO2S. The highest BCUT2D eigenvalue weighted by Gasteiger charge is 2.36. The molecule has 0 unspecified atom stereocenters. The van der Waals surface area contributed by atoms with E-state index in [9.17, 15) is 5.11 Å². The zero-order valence-electron chi connectivity index (χ0n) is 18.5. The van der Waals surface area contributed by atoms with Crippen LogP contribution in [0.3, 0.4) is 0 Å². The molecule has 28 heavy (non-hydrogen) atoms. The summed E-state index contributed by atoms with van der Waals surface area (Å²) in [7, 11) is 0. The van der Waals surface area contributed by atoms with E-state index in [-0.39, 0.29) is 16.2 Å². The SMILES string of the molecule is CCC1(c2nc(-c3cc(C(C)(C)C)c(O)c(C(C)(C)C)c3)cs2)CCOCC1. The third-order valence-electron chi connectivity index (χ3n) is 6.11. The Hall–Kier alpha value is -1.39. The molecule has 0 spiro atoms. The number of nitrogens with zero attached hydrogens (tertiary/aromatic N) is 1. The summed E-state index contributed by atoms with van der Waals surface area (Å²) in [5, 5.41) is 14.4. The van der Waals surface area contributed by atoms with Crippen molar-refractivity contribution >= 4 is 11.3 Å². The van der Waals surface area contributed by atoms with Crippen LogP contribution in [0.2, 0.25) is 0 Å². The third kappa shape index (κ3) is 3.99. The van der Waals surface area contributed by atoms with Crippen LogP contribution < -0.4 is 0 Å². The maximum atomic E-state index is 11.0. The summed E-state index contributed by atoms with van der Waals surface area (Å²) >= 11 is 1.78. The van der Waals surface area contributed by atoms with Crippen LogP contribution in [0.15, 0.2) is 17.5 Å². The highest BCUT2D eigenvalue weighted by Crippen LogP contribution is 2.44.